The van der Waals surface area contributed by atoms with E-state index in [0.29, 0.717) is 17.5 Å². The van der Waals surface area contributed by atoms with Crippen molar-refractivity contribution in [1.29, 1.82) is 5.26 Å². The highest BCUT2D eigenvalue weighted by Gasteiger charge is 2.23. The van der Waals surface area contributed by atoms with Crippen LogP contribution in [0, 0.1) is 18.3 Å². The summed E-state index contributed by atoms with van der Waals surface area (Å²) >= 11 is 0. The number of hydrogen-bond donors (Lipinski definition) is 2. The van der Waals surface area contributed by atoms with Gasteiger partial charge >= 0.3 is 5.69 Å². The van der Waals surface area contributed by atoms with Crippen molar-refractivity contribution in [3.63, 3.8) is 0 Å². The van der Waals surface area contributed by atoms with Gasteiger partial charge in [0.25, 0.3) is 5.56 Å². The summed E-state index contributed by atoms with van der Waals surface area (Å²) in [5.74, 6) is 0.0680. The highest BCUT2D eigenvalue weighted by atomic mass is 16.2. The predicted molar refractivity (Wildman–Crippen MR) is 117 cm³/mol. The summed E-state index contributed by atoms with van der Waals surface area (Å²) in [4.78, 5) is 29.9. The van der Waals surface area contributed by atoms with E-state index in [2.05, 4.69) is 22.1 Å². The highest BCUT2D eigenvalue weighted by molar-refractivity contribution is 5.71. The molecule has 30 heavy (non-hydrogen) atoms. The molecule has 0 amide bonds. The highest BCUT2D eigenvalue weighted by Crippen LogP contribution is 2.37. The van der Waals surface area contributed by atoms with Gasteiger partial charge in [-0.2, -0.15) is 5.26 Å². The molecule has 0 radical (unpaired) electrons. The van der Waals surface area contributed by atoms with Gasteiger partial charge in [0.2, 0.25) is 0 Å². The van der Waals surface area contributed by atoms with Crippen LogP contribution < -0.4 is 11.2 Å². The molecule has 0 fully saturated rings. The minimum Gasteiger partial charge on any atom is -0.311 e. The average molecular weight is 397 g/mol. The first-order chi connectivity index (χ1) is 14.5. The fourth-order valence-corrected chi connectivity index (χ4v) is 4.23. The number of aryl methyl sites for hydroxylation is 1. The fourth-order valence-electron chi connectivity index (χ4n) is 4.23. The van der Waals surface area contributed by atoms with Crippen molar-refractivity contribution >= 4 is 5.57 Å². The SMILES string of the molecule is Cc1ccc(C2=CCC(c3[nH]c(=O)[nH]c(=O)c3Cc3ccccc3)CC2)c(C#N)c1. The molecule has 1 heterocycles. The second-order valence-electron chi connectivity index (χ2n) is 7.82. The average Bonchev–Trinajstić information content (AvgIpc) is 2.76. The van der Waals surface area contributed by atoms with E-state index in [4.69, 9.17) is 0 Å². The molecule has 0 aliphatic heterocycles. The fraction of sp³-hybridized carbons (Fsp3) is 0.240. The smallest absolute Gasteiger partial charge is 0.311 e. The van der Waals surface area contributed by atoms with Gasteiger partial charge in [-0.25, -0.2) is 4.79 Å². The van der Waals surface area contributed by atoms with Crippen LogP contribution in [0.4, 0.5) is 0 Å². The first-order valence-corrected chi connectivity index (χ1v) is 10.1. The number of nitrogens with zero attached hydrogens (tertiary/aromatic N) is 1. The first-order valence-electron chi connectivity index (χ1n) is 10.1. The number of benzene rings is 2. The second-order valence-corrected chi connectivity index (χ2v) is 7.82. The minimum absolute atomic E-state index is 0.0680. The van der Waals surface area contributed by atoms with Crippen LogP contribution in [0.3, 0.4) is 0 Å². The largest absolute Gasteiger partial charge is 0.325 e. The lowest BCUT2D eigenvalue weighted by Gasteiger charge is -2.24. The predicted octanol–water partition coefficient (Wildman–Crippen LogP) is 4.19. The molecular weight excluding hydrogens is 374 g/mol. The Morgan fingerprint density at radius 1 is 1.10 bits per heavy atom. The number of nitrogens with one attached hydrogen (secondary N) is 2. The van der Waals surface area contributed by atoms with Crippen molar-refractivity contribution in [3.05, 3.63) is 109 Å². The molecule has 5 heteroatoms. The van der Waals surface area contributed by atoms with Crippen molar-refractivity contribution in [1.82, 2.24) is 9.97 Å². The number of H-pyrrole nitrogens is 2. The molecule has 1 atom stereocenters. The van der Waals surface area contributed by atoms with Crippen molar-refractivity contribution in [2.75, 3.05) is 0 Å². The molecule has 4 rings (SSSR count). The van der Waals surface area contributed by atoms with Gasteiger partial charge in [0.05, 0.1) is 11.6 Å². The summed E-state index contributed by atoms with van der Waals surface area (Å²) in [5, 5.41) is 9.49. The monoisotopic (exact) mass is 397 g/mol. The molecule has 150 valence electrons. The van der Waals surface area contributed by atoms with Crippen molar-refractivity contribution in [2.24, 2.45) is 0 Å². The lowest BCUT2D eigenvalue weighted by atomic mass is 9.82. The van der Waals surface area contributed by atoms with Crippen LogP contribution in [-0.4, -0.2) is 9.97 Å². The van der Waals surface area contributed by atoms with E-state index in [0.717, 1.165) is 47.2 Å². The molecule has 2 aromatic carbocycles. The molecule has 1 unspecified atom stereocenters. The summed E-state index contributed by atoms with van der Waals surface area (Å²) < 4.78 is 0. The normalized spacial score (nSPS) is 16.0. The second kappa shape index (κ2) is 8.38. The van der Waals surface area contributed by atoms with E-state index in [1.54, 1.807) is 0 Å². The van der Waals surface area contributed by atoms with Crippen LogP contribution in [-0.2, 0) is 6.42 Å². The third-order valence-electron chi connectivity index (χ3n) is 5.76. The van der Waals surface area contributed by atoms with Crippen LogP contribution in [0.1, 0.15) is 58.7 Å². The van der Waals surface area contributed by atoms with E-state index >= 15 is 0 Å². The van der Waals surface area contributed by atoms with Crippen LogP contribution >= 0.6 is 0 Å². The number of hydrogen-bond acceptors (Lipinski definition) is 3. The van der Waals surface area contributed by atoms with Crippen molar-refractivity contribution < 1.29 is 0 Å². The number of rotatable bonds is 4. The van der Waals surface area contributed by atoms with Crippen molar-refractivity contribution in [2.45, 2.75) is 38.5 Å². The summed E-state index contributed by atoms with van der Waals surface area (Å²) in [6.45, 7) is 1.98. The van der Waals surface area contributed by atoms with Gasteiger partial charge in [0.15, 0.2) is 0 Å². The molecule has 0 bridgehead atoms. The van der Waals surface area contributed by atoms with Gasteiger partial charge in [-0.3, -0.25) is 9.78 Å². The molecular formula is C25H23N3O2. The minimum atomic E-state index is -0.466. The lowest BCUT2D eigenvalue weighted by molar-refractivity contribution is 0.596. The van der Waals surface area contributed by atoms with Crippen molar-refractivity contribution in [3.8, 4) is 6.07 Å². The first kappa shape index (κ1) is 19.7. The maximum Gasteiger partial charge on any atom is 0.325 e. The van der Waals surface area contributed by atoms with Gasteiger partial charge in [-0.15, -0.1) is 0 Å². The van der Waals surface area contributed by atoms with Gasteiger partial charge < -0.3 is 4.98 Å². The number of allylic oxidation sites excluding steroid dienone is 2. The molecule has 0 spiro atoms. The molecule has 0 saturated heterocycles. The Kier molecular flexibility index (Phi) is 5.49. The van der Waals surface area contributed by atoms with Gasteiger partial charge in [-0.05, 0) is 54.5 Å². The quantitative estimate of drug-likeness (QED) is 0.692. The molecule has 0 saturated carbocycles. The molecule has 1 aliphatic carbocycles. The van der Waals surface area contributed by atoms with Crippen LogP contribution in [0.25, 0.3) is 5.57 Å². The number of nitriles is 1. The Labute approximate surface area is 174 Å². The molecule has 1 aromatic heterocycles. The summed E-state index contributed by atoms with van der Waals surface area (Å²) in [6, 6.07) is 18.0. The zero-order chi connectivity index (χ0) is 21.1. The summed E-state index contributed by atoms with van der Waals surface area (Å²) in [7, 11) is 0. The van der Waals surface area contributed by atoms with E-state index in [-0.39, 0.29) is 11.5 Å². The maximum atomic E-state index is 12.6. The molecule has 1 aliphatic rings. The Morgan fingerprint density at radius 3 is 2.60 bits per heavy atom. The lowest BCUT2D eigenvalue weighted by Crippen LogP contribution is -2.30. The number of aromatic nitrogens is 2. The zero-order valence-corrected chi connectivity index (χ0v) is 16.9. The molecule has 3 aromatic rings. The van der Waals surface area contributed by atoms with Gasteiger partial charge in [0.1, 0.15) is 0 Å². The van der Waals surface area contributed by atoms with E-state index in [1.807, 2.05) is 55.5 Å². The van der Waals surface area contributed by atoms with E-state index < -0.39 is 5.69 Å². The number of aromatic amines is 2. The molecule has 5 nitrogen and oxygen atoms in total. The Hall–Kier alpha value is -3.65. The molecule has 2 N–H and O–H groups in total. The third kappa shape index (κ3) is 4.04. The Bertz CT molecular complexity index is 1260. The topological polar surface area (TPSA) is 89.5 Å². The van der Waals surface area contributed by atoms with Gasteiger partial charge in [-0.1, -0.05) is 48.5 Å². The summed E-state index contributed by atoms with van der Waals surface area (Å²) in [6.07, 6.45) is 4.94. The maximum absolute atomic E-state index is 12.6. The Morgan fingerprint density at radius 2 is 1.90 bits per heavy atom. The standard InChI is InChI=1S/C25H23N3O2/c1-16-7-12-21(20(13-16)15-26)18-8-10-19(11-9-18)23-22(24(29)28-25(30)27-23)14-17-5-3-2-4-6-17/h2-8,12-13,19H,9-11,14H2,1H3,(H2,27,28,29,30). The van der Waals surface area contributed by atoms with E-state index in [9.17, 15) is 14.9 Å². The Balaban J connectivity index is 1.66. The summed E-state index contributed by atoms with van der Waals surface area (Å²) in [5.41, 5.74) is 5.48. The van der Waals surface area contributed by atoms with Crippen LogP contribution in [0.15, 0.2) is 64.2 Å². The van der Waals surface area contributed by atoms with Crippen LogP contribution in [0.5, 0.6) is 0 Å². The van der Waals surface area contributed by atoms with Gasteiger partial charge in [0, 0.05) is 23.6 Å². The zero-order valence-electron chi connectivity index (χ0n) is 16.9. The van der Waals surface area contributed by atoms with E-state index in [1.165, 1.54) is 0 Å². The van der Waals surface area contributed by atoms with Crippen LogP contribution in [0.2, 0.25) is 0 Å². The third-order valence-corrected chi connectivity index (χ3v) is 5.76.